The van der Waals surface area contributed by atoms with Crippen molar-refractivity contribution in [2.24, 2.45) is 0 Å². The Morgan fingerprint density at radius 1 is 1.31 bits per heavy atom. The molecule has 1 fully saturated rings. The van der Waals surface area contributed by atoms with Crippen molar-refractivity contribution >= 4 is 40.2 Å². The van der Waals surface area contributed by atoms with Gasteiger partial charge in [0.2, 0.25) is 0 Å². The minimum atomic E-state index is -0.500. The first kappa shape index (κ1) is 14.1. The van der Waals surface area contributed by atoms with Crippen molar-refractivity contribution in [3.8, 4) is 5.75 Å². The molecule has 16 heavy (non-hydrogen) atoms. The fourth-order valence-corrected chi connectivity index (χ4v) is 1.84. The Bertz CT molecular complexity index is 365. The molecule has 0 aliphatic carbocycles. The van der Waals surface area contributed by atoms with Gasteiger partial charge in [-0.2, -0.15) is 0 Å². The van der Waals surface area contributed by atoms with Crippen LogP contribution in [0.5, 0.6) is 5.75 Å². The Labute approximate surface area is 114 Å². The molecule has 1 aliphatic heterocycles. The molecule has 0 radical (unpaired) electrons. The zero-order chi connectivity index (χ0) is 10.8. The normalized spacial score (nSPS) is 23.9. The summed E-state index contributed by atoms with van der Waals surface area (Å²) < 4.78 is 5.57. The van der Waals surface area contributed by atoms with Crippen molar-refractivity contribution < 1.29 is 9.84 Å². The van der Waals surface area contributed by atoms with Gasteiger partial charge in [0.15, 0.2) is 0 Å². The Hall–Kier alpha value is -0.0000000000000000555. The number of β-amino-alcohol motifs (C(OH)–C–C–N with tert-alkyl or cyclic N) is 1. The number of hydrogen-bond acceptors (Lipinski definition) is 3. The van der Waals surface area contributed by atoms with Gasteiger partial charge in [0.25, 0.3) is 0 Å². The van der Waals surface area contributed by atoms with Crippen LogP contribution >= 0.6 is 40.2 Å². The molecule has 0 saturated carbocycles. The Morgan fingerprint density at radius 2 is 2.06 bits per heavy atom. The molecule has 3 nitrogen and oxygen atoms in total. The van der Waals surface area contributed by atoms with Gasteiger partial charge in [-0.05, 0) is 12.1 Å². The van der Waals surface area contributed by atoms with Crippen LogP contribution in [0.15, 0.2) is 18.2 Å². The van der Waals surface area contributed by atoms with Gasteiger partial charge in [-0.3, -0.25) is 0 Å². The molecular formula is C10H12BrCl2NO2. The van der Waals surface area contributed by atoms with Gasteiger partial charge in [-0.1, -0.05) is 29.3 Å². The van der Waals surface area contributed by atoms with E-state index in [-0.39, 0.29) is 23.1 Å². The van der Waals surface area contributed by atoms with Crippen LogP contribution in [-0.4, -0.2) is 30.4 Å². The topological polar surface area (TPSA) is 41.5 Å². The lowest BCUT2D eigenvalue weighted by molar-refractivity contribution is 0.0738. The van der Waals surface area contributed by atoms with E-state index in [1.165, 1.54) is 0 Å². The zero-order valence-corrected chi connectivity index (χ0v) is 11.5. The highest BCUT2D eigenvalue weighted by Crippen LogP contribution is 2.32. The summed E-state index contributed by atoms with van der Waals surface area (Å²) >= 11 is 11.8. The maximum absolute atomic E-state index is 9.55. The first-order valence-corrected chi connectivity index (χ1v) is 5.43. The van der Waals surface area contributed by atoms with Gasteiger partial charge in [-0.15, -0.1) is 17.0 Å². The summed E-state index contributed by atoms with van der Waals surface area (Å²) in [7, 11) is 0. The lowest BCUT2D eigenvalue weighted by Gasteiger charge is -2.17. The van der Waals surface area contributed by atoms with Crippen LogP contribution in [0.3, 0.4) is 0 Å². The molecule has 2 atom stereocenters. The van der Waals surface area contributed by atoms with E-state index in [0.29, 0.717) is 28.9 Å². The molecule has 1 aromatic carbocycles. The van der Waals surface area contributed by atoms with Crippen LogP contribution in [0.4, 0.5) is 0 Å². The van der Waals surface area contributed by atoms with Gasteiger partial charge in [0.1, 0.15) is 23.0 Å². The van der Waals surface area contributed by atoms with Crippen molar-refractivity contribution in [3.63, 3.8) is 0 Å². The van der Waals surface area contributed by atoms with Crippen molar-refractivity contribution in [2.45, 2.75) is 12.2 Å². The number of aliphatic hydroxyl groups is 1. The lowest BCUT2D eigenvalue weighted by atomic mass is 10.2. The number of nitrogens with one attached hydrogen (secondary N) is 1. The second kappa shape index (κ2) is 6.07. The summed E-state index contributed by atoms with van der Waals surface area (Å²) in [4.78, 5) is 0. The Balaban J connectivity index is 0.00000128. The minimum Gasteiger partial charge on any atom is -0.485 e. The van der Waals surface area contributed by atoms with Gasteiger partial charge in [-0.25, -0.2) is 0 Å². The number of aliphatic hydroxyl groups excluding tert-OH is 1. The Morgan fingerprint density at radius 3 is 2.69 bits per heavy atom. The predicted octanol–water partition coefficient (Wildman–Crippen LogP) is 2.28. The SMILES string of the molecule is Br.O[C@@H]1CNC[C@H]1Oc1cccc(Cl)c1Cl. The summed E-state index contributed by atoms with van der Waals surface area (Å²) in [6.45, 7) is 1.16. The molecule has 2 rings (SSSR count). The third kappa shape index (κ3) is 3.02. The maximum atomic E-state index is 9.55. The summed E-state index contributed by atoms with van der Waals surface area (Å²) in [5.41, 5.74) is 0. The van der Waals surface area contributed by atoms with Gasteiger partial charge >= 0.3 is 0 Å². The minimum absolute atomic E-state index is 0. The molecule has 0 amide bonds. The molecule has 6 heteroatoms. The fourth-order valence-electron chi connectivity index (χ4n) is 1.50. The molecule has 2 N–H and O–H groups in total. The third-order valence-corrected chi connectivity index (χ3v) is 3.12. The van der Waals surface area contributed by atoms with Crippen molar-refractivity contribution in [2.75, 3.05) is 13.1 Å². The zero-order valence-electron chi connectivity index (χ0n) is 8.32. The van der Waals surface area contributed by atoms with E-state index in [0.717, 1.165) is 0 Å². The lowest BCUT2D eigenvalue weighted by Crippen LogP contribution is -2.29. The Kier molecular flexibility index (Phi) is 5.34. The predicted molar refractivity (Wildman–Crippen MR) is 70.1 cm³/mol. The molecule has 1 heterocycles. The second-order valence-corrected chi connectivity index (χ2v) is 4.22. The van der Waals surface area contributed by atoms with Crippen LogP contribution in [0.2, 0.25) is 10.0 Å². The molecule has 1 aliphatic rings. The largest absolute Gasteiger partial charge is 0.485 e. The second-order valence-electron chi connectivity index (χ2n) is 3.43. The summed E-state index contributed by atoms with van der Waals surface area (Å²) in [6, 6.07) is 5.19. The van der Waals surface area contributed by atoms with Crippen molar-refractivity contribution in [3.05, 3.63) is 28.2 Å². The van der Waals surface area contributed by atoms with E-state index in [9.17, 15) is 5.11 Å². The number of hydrogen-bond donors (Lipinski definition) is 2. The first-order chi connectivity index (χ1) is 7.18. The van der Waals surface area contributed by atoms with E-state index in [1.54, 1.807) is 18.2 Å². The first-order valence-electron chi connectivity index (χ1n) is 4.68. The smallest absolute Gasteiger partial charge is 0.140 e. The number of benzene rings is 1. The maximum Gasteiger partial charge on any atom is 0.140 e. The van der Waals surface area contributed by atoms with Gasteiger partial charge < -0.3 is 15.2 Å². The molecule has 1 aromatic rings. The van der Waals surface area contributed by atoms with Gasteiger partial charge in [0.05, 0.1) is 5.02 Å². The molecule has 90 valence electrons. The van der Waals surface area contributed by atoms with E-state index < -0.39 is 6.10 Å². The van der Waals surface area contributed by atoms with Gasteiger partial charge in [0, 0.05) is 13.1 Å². The summed E-state index contributed by atoms with van der Waals surface area (Å²) in [5.74, 6) is 0.511. The number of rotatable bonds is 2. The molecular weight excluding hydrogens is 317 g/mol. The van der Waals surface area contributed by atoms with E-state index in [1.807, 2.05) is 0 Å². The number of ether oxygens (including phenoxy) is 1. The van der Waals surface area contributed by atoms with E-state index >= 15 is 0 Å². The fraction of sp³-hybridized carbons (Fsp3) is 0.400. The van der Waals surface area contributed by atoms with Crippen LogP contribution in [0, 0.1) is 0 Å². The molecule has 0 bridgehead atoms. The standard InChI is InChI=1S/C10H11Cl2NO2.BrH/c11-6-2-1-3-8(10(6)12)15-9-5-13-4-7(9)14;/h1-3,7,9,13-14H,4-5H2;1H/t7-,9-;/m1./s1. The summed E-state index contributed by atoms with van der Waals surface area (Å²) in [6.07, 6.45) is -0.763. The van der Waals surface area contributed by atoms with Crippen molar-refractivity contribution in [1.82, 2.24) is 5.32 Å². The highest BCUT2D eigenvalue weighted by atomic mass is 79.9. The molecule has 1 saturated heterocycles. The average molecular weight is 329 g/mol. The molecule has 0 aromatic heterocycles. The summed E-state index contributed by atoms with van der Waals surface area (Å²) in [5, 5.41) is 13.4. The van der Waals surface area contributed by atoms with Crippen molar-refractivity contribution in [1.29, 1.82) is 0 Å². The molecule has 0 unspecified atom stereocenters. The van der Waals surface area contributed by atoms with Crippen LogP contribution in [-0.2, 0) is 0 Å². The highest BCUT2D eigenvalue weighted by molar-refractivity contribution is 8.93. The average Bonchev–Trinajstić information content (AvgIpc) is 2.60. The number of halogens is 3. The quantitative estimate of drug-likeness (QED) is 0.875. The monoisotopic (exact) mass is 327 g/mol. The highest BCUT2D eigenvalue weighted by Gasteiger charge is 2.27. The van der Waals surface area contributed by atoms with Crippen LogP contribution < -0.4 is 10.1 Å². The van der Waals surface area contributed by atoms with Crippen LogP contribution in [0.1, 0.15) is 0 Å². The van der Waals surface area contributed by atoms with E-state index in [2.05, 4.69) is 5.32 Å². The van der Waals surface area contributed by atoms with E-state index in [4.69, 9.17) is 27.9 Å². The molecule has 0 spiro atoms. The van der Waals surface area contributed by atoms with Crippen LogP contribution in [0.25, 0.3) is 0 Å². The third-order valence-electron chi connectivity index (χ3n) is 2.32.